The summed E-state index contributed by atoms with van der Waals surface area (Å²) >= 11 is 0. The van der Waals surface area contributed by atoms with Crippen LogP contribution in [-0.2, 0) is 12.6 Å². The normalized spacial score (nSPS) is 17.3. The highest BCUT2D eigenvalue weighted by Gasteiger charge is 2.33. The zero-order chi connectivity index (χ0) is 17.3. The summed E-state index contributed by atoms with van der Waals surface area (Å²) in [6.45, 7) is 0.262. The van der Waals surface area contributed by atoms with Crippen molar-refractivity contribution >= 4 is 6.09 Å². The van der Waals surface area contributed by atoms with Crippen LogP contribution in [0, 0.1) is 0 Å². The molecule has 0 aliphatic carbocycles. The van der Waals surface area contributed by atoms with Crippen LogP contribution in [0.2, 0.25) is 0 Å². The highest BCUT2D eigenvalue weighted by atomic mass is 19.4. The van der Waals surface area contributed by atoms with Gasteiger partial charge in [-0.1, -0.05) is 24.3 Å². The molecule has 0 saturated heterocycles. The van der Waals surface area contributed by atoms with Gasteiger partial charge in [0.25, 0.3) is 0 Å². The molecule has 2 aromatic rings. The summed E-state index contributed by atoms with van der Waals surface area (Å²) in [6.07, 6.45) is -5.89. The largest absolute Gasteiger partial charge is 0.466 e. The van der Waals surface area contributed by atoms with Gasteiger partial charge in [0.15, 0.2) is 0 Å². The molecular formula is C17H14F3NO3. The van der Waals surface area contributed by atoms with E-state index in [9.17, 15) is 23.1 Å². The number of halogens is 3. The predicted octanol–water partition coefficient (Wildman–Crippen LogP) is 4.32. The molecular weight excluding hydrogens is 323 g/mol. The standard InChI is InChI=1S/C17H14F3NO3/c18-17(19,20)12-5-7-13(8-6-12)24-15-14-4-2-1-3-11(14)9-10-21(15)16(22)23/h1-8,15H,9-10H2,(H,22,23). The van der Waals surface area contributed by atoms with Crippen molar-refractivity contribution in [3.8, 4) is 5.75 Å². The van der Waals surface area contributed by atoms with Gasteiger partial charge in [-0.2, -0.15) is 13.2 Å². The third kappa shape index (κ3) is 3.15. The van der Waals surface area contributed by atoms with E-state index in [-0.39, 0.29) is 12.3 Å². The number of amides is 1. The topological polar surface area (TPSA) is 49.8 Å². The summed E-state index contributed by atoms with van der Waals surface area (Å²) in [7, 11) is 0. The summed E-state index contributed by atoms with van der Waals surface area (Å²) in [6, 6.07) is 11.5. The Balaban J connectivity index is 1.90. The maximum Gasteiger partial charge on any atom is 0.416 e. The lowest BCUT2D eigenvalue weighted by atomic mass is 9.98. The van der Waals surface area contributed by atoms with Crippen molar-refractivity contribution in [3.05, 3.63) is 65.2 Å². The molecule has 24 heavy (non-hydrogen) atoms. The Bertz CT molecular complexity index is 743. The highest BCUT2D eigenvalue weighted by molar-refractivity contribution is 5.66. The first-order chi connectivity index (χ1) is 11.4. The molecule has 2 aromatic carbocycles. The molecule has 4 nitrogen and oxygen atoms in total. The number of benzene rings is 2. The first-order valence-electron chi connectivity index (χ1n) is 7.27. The van der Waals surface area contributed by atoms with Crippen LogP contribution in [0.5, 0.6) is 5.75 Å². The van der Waals surface area contributed by atoms with Gasteiger partial charge in [-0.25, -0.2) is 4.79 Å². The van der Waals surface area contributed by atoms with Gasteiger partial charge in [0, 0.05) is 12.1 Å². The van der Waals surface area contributed by atoms with E-state index in [2.05, 4.69) is 0 Å². The molecule has 1 N–H and O–H groups in total. The van der Waals surface area contributed by atoms with E-state index in [0.717, 1.165) is 22.6 Å². The average Bonchev–Trinajstić information content (AvgIpc) is 2.54. The van der Waals surface area contributed by atoms with E-state index in [1.165, 1.54) is 12.1 Å². The molecule has 0 saturated carbocycles. The van der Waals surface area contributed by atoms with Crippen molar-refractivity contribution in [3.63, 3.8) is 0 Å². The van der Waals surface area contributed by atoms with Gasteiger partial charge >= 0.3 is 12.3 Å². The third-order valence-electron chi connectivity index (χ3n) is 3.90. The second kappa shape index (κ2) is 6.07. The number of nitrogens with zero attached hydrogens (tertiary/aromatic N) is 1. The number of carboxylic acid groups (broad SMARTS) is 1. The molecule has 1 atom stereocenters. The fraction of sp³-hybridized carbons (Fsp3) is 0.235. The van der Waals surface area contributed by atoms with Crippen molar-refractivity contribution in [2.45, 2.75) is 18.8 Å². The van der Waals surface area contributed by atoms with Gasteiger partial charge in [0.05, 0.1) is 5.56 Å². The molecule has 1 aliphatic rings. The molecule has 1 unspecified atom stereocenters. The molecule has 0 aromatic heterocycles. The quantitative estimate of drug-likeness (QED) is 0.888. The second-order valence-corrected chi connectivity index (χ2v) is 5.42. The third-order valence-corrected chi connectivity index (χ3v) is 3.90. The Morgan fingerprint density at radius 3 is 2.42 bits per heavy atom. The molecule has 3 rings (SSSR count). The van der Waals surface area contributed by atoms with Crippen molar-refractivity contribution in [1.82, 2.24) is 4.90 Å². The summed E-state index contributed by atoms with van der Waals surface area (Å²) < 4.78 is 43.6. The number of hydrogen-bond acceptors (Lipinski definition) is 2. The Labute approximate surface area is 136 Å². The molecule has 0 spiro atoms. The lowest BCUT2D eigenvalue weighted by molar-refractivity contribution is -0.137. The maximum atomic E-state index is 12.6. The highest BCUT2D eigenvalue weighted by Crippen LogP contribution is 2.34. The Hall–Kier alpha value is -2.70. The fourth-order valence-electron chi connectivity index (χ4n) is 2.70. The van der Waals surface area contributed by atoms with Crippen molar-refractivity contribution in [1.29, 1.82) is 0 Å². The molecule has 126 valence electrons. The summed E-state index contributed by atoms with van der Waals surface area (Å²) in [5.74, 6) is 0.177. The fourth-order valence-corrected chi connectivity index (χ4v) is 2.70. The van der Waals surface area contributed by atoms with E-state index in [1.54, 1.807) is 12.1 Å². The predicted molar refractivity (Wildman–Crippen MR) is 79.7 cm³/mol. The van der Waals surface area contributed by atoms with E-state index in [4.69, 9.17) is 4.74 Å². The van der Waals surface area contributed by atoms with E-state index >= 15 is 0 Å². The monoisotopic (exact) mass is 337 g/mol. The minimum atomic E-state index is -4.43. The minimum Gasteiger partial charge on any atom is -0.466 e. The number of alkyl halides is 3. The molecule has 0 radical (unpaired) electrons. The first kappa shape index (κ1) is 16.2. The first-order valence-corrected chi connectivity index (χ1v) is 7.27. The zero-order valence-electron chi connectivity index (χ0n) is 12.5. The average molecular weight is 337 g/mol. The van der Waals surface area contributed by atoms with Crippen LogP contribution in [0.25, 0.3) is 0 Å². The number of hydrogen-bond donors (Lipinski definition) is 1. The Kier molecular flexibility index (Phi) is 4.09. The Morgan fingerprint density at radius 2 is 1.79 bits per heavy atom. The van der Waals surface area contributed by atoms with Gasteiger partial charge in [0.1, 0.15) is 5.75 Å². The van der Waals surface area contributed by atoms with Crippen molar-refractivity contribution in [2.75, 3.05) is 6.54 Å². The van der Waals surface area contributed by atoms with Gasteiger partial charge in [-0.05, 0) is 36.2 Å². The van der Waals surface area contributed by atoms with Crippen LogP contribution in [0.15, 0.2) is 48.5 Å². The van der Waals surface area contributed by atoms with Crippen LogP contribution in [-0.4, -0.2) is 22.6 Å². The number of rotatable bonds is 2. The van der Waals surface area contributed by atoms with Gasteiger partial charge < -0.3 is 9.84 Å². The lowest BCUT2D eigenvalue weighted by Crippen LogP contribution is -2.41. The summed E-state index contributed by atoms with van der Waals surface area (Å²) in [4.78, 5) is 12.6. The number of fused-ring (bicyclic) bond motifs is 1. The van der Waals surface area contributed by atoms with Crippen molar-refractivity contribution in [2.24, 2.45) is 0 Å². The zero-order valence-corrected chi connectivity index (χ0v) is 12.5. The lowest BCUT2D eigenvalue weighted by Gasteiger charge is -2.35. The summed E-state index contributed by atoms with van der Waals surface area (Å²) in [5, 5.41) is 9.36. The SMILES string of the molecule is O=C(O)N1CCc2ccccc2C1Oc1ccc(C(F)(F)F)cc1. The van der Waals surface area contributed by atoms with Crippen LogP contribution in [0.1, 0.15) is 22.9 Å². The molecule has 1 heterocycles. The molecule has 7 heteroatoms. The minimum absolute atomic E-state index is 0.177. The van der Waals surface area contributed by atoms with Crippen LogP contribution in [0.4, 0.5) is 18.0 Å². The summed E-state index contributed by atoms with van der Waals surface area (Å²) in [5.41, 5.74) is 0.881. The molecule has 0 bridgehead atoms. The number of ether oxygens (including phenoxy) is 1. The smallest absolute Gasteiger partial charge is 0.416 e. The van der Waals surface area contributed by atoms with Gasteiger partial charge in [-0.15, -0.1) is 0 Å². The molecule has 1 aliphatic heterocycles. The van der Waals surface area contributed by atoms with E-state index in [1.807, 2.05) is 12.1 Å². The number of carbonyl (C=O) groups is 1. The van der Waals surface area contributed by atoms with E-state index in [0.29, 0.717) is 12.0 Å². The van der Waals surface area contributed by atoms with E-state index < -0.39 is 24.1 Å². The van der Waals surface area contributed by atoms with Crippen LogP contribution < -0.4 is 4.74 Å². The van der Waals surface area contributed by atoms with Gasteiger partial charge in [-0.3, -0.25) is 4.90 Å². The van der Waals surface area contributed by atoms with Crippen LogP contribution in [0.3, 0.4) is 0 Å². The molecule has 1 amide bonds. The Morgan fingerprint density at radius 1 is 1.12 bits per heavy atom. The van der Waals surface area contributed by atoms with Crippen LogP contribution >= 0.6 is 0 Å². The van der Waals surface area contributed by atoms with Gasteiger partial charge in [0.2, 0.25) is 6.23 Å². The van der Waals surface area contributed by atoms with Crippen molar-refractivity contribution < 1.29 is 27.8 Å². The maximum absolute atomic E-state index is 12.6. The second-order valence-electron chi connectivity index (χ2n) is 5.42. The molecule has 0 fully saturated rings.